The zero-order chi connectivity index (χ0) is 15.4. The van der Waals surface area contributed by atoms with E-state index in [1.54, 1.807) is 43.3 Å². The van der Waals surface area contributed by atoms with Crippen molar-refractivity contribution in [2.45, 2.75) is 19.4 Å². The molecule has 0 heterocycles. The average molecular weight is 353 g/mol. The third-order valence-corrected chi connectivity index (χ3v) is 3.63. The molecule has 0 bridgehead atoms. The predicted octanol–water partition coefficient (Wildman–Crippen LogP) is 4.36. The largest absolute Gasteiger partial charge is 0.486 e. The molecule has 0 saturated heterocycles. The molecule has 2 aromatic rings. The number of benzene rings is 2. The van der Waals surface area contributed by atoms with Crippen LogP contribution in [0.3, 0.4) is 0 Å². The van der Waals surface area contributed by atoms with Crippen molar-refractivity contribution in [2.75, 3.05) is 0 Å². The van der Waals surface area contributed by atoms with Crippen LogP contribution in [-0.4, -0.2) is 11.1 Å². The summed E-state index contributed by atoms with van der Waals surface area (Å²) < 4.78 is 19.7. The summed E-state index contributed by atoms with van der Waals surface area (Å²) in [5.41, 5.74) is 1.57. The summed E-state index contributed by atoms with van der Waals surface area (Å²) in [5.74, 6) is -1.67. The quantitative estimate of drug-likeness (QED) is 0.869. The molecule has 0 saturated carbocycles. The number of aliphatic carboxylic acids is 1. The highest BCUT2D eigenvalue weighted by Gasteiger charge is 2.13. The molecule has 5 heteroatoms. The number of carbonyl (C=O) groups is 1. The van der Waals surface area contributed by atoms with Crippen LogP contribution in [0.4, 0.5) is 4.39 Å². The summed E-state index contributed by atoms with van der Waals surface area (Å²) in [4.78, 5) is 10.9. The second-order valence-corrected chi connectivity index (χ2v) is 5.58. The Kier molecular flexibility index (Phi) is 4.96. The maximum absolute atomic E-state index is 13.6. The van der Waals surface area contributed by atoms with Gasteiger partial charge < -0.3 is 9.84 Å². The fraction of sp³-hybridized carbons (Fsp3) is 0.188. The van der Waals surface area contributed by atoms with E-state index in [1.807, 2.05) is 0 Å². The van der Waals surface area contributed by atoms with E-state index in [4.69, 9.17) is 9.84 Å². The van der Waals surface area contributed by atoms with Crippen LogP contribution in [0.1, 0.15) is 24.0 Å². The van der Waals surface area contributed by atoms with Gasteiger partial charge in [-0.2, -0.15) is 0 Å². The first-order chi connectivity index (χ1) is 9.97. The summed E-state index contributed by atoms with van der Waals surface area (Å²) in [7, 11) is 0. The van der Waals surface area contributed by atoms with E-state index in [0.29, 0.717) is 4.47 Å². The molecule has 3 nitrogen and oxygen atoms in total. The van der Waals surface area contributed by atoms with E-state index in [9.17, 15) is 9.18 Å². The lowest BCUT2D eigenvalue weighted by atomic mass is 10.0. The van der Waals surface area contributed by atoms with E-state index >= 15 is 0 Å². The molecular weight excluding hydrogens is 339 g/mol. The molecule has 0 aromatic heterocycles. The minimum atomic E-state index is -0.865. The summed E-state index contributed by atoms with van der Waals surface area (Å²) >= 11 is 3.18. The van der Waals surface area contributed by atoms with Crippen molar-refractivity contribution in [2.24, 2.45) is 0 Å². The number of rotatable bonds is 5. The Hall–Kier alpha value is -1.88. The smallest absolute Gasteiger partial charge is 0.310 e. The molecule has 1 unspecified atom stereocenters. The molecule has 2 aromatic carbocycles. The molecule has 2 rings (SSSR count). The van der Waals surface area contributed by atoms with Crippen molar-refractivity contribution in [1.82, 2.24) is 0 Å². The summed E-state index contributed by atoms with van der Waals surface area (Å²) in [5, 5.41) is 8.94. The van der Waals surface area contributed by atoms with Crippen LogP contribution < -0.4 is 4.74 Å². The van der Waals surface area contributed by atoms with Crippen LogP contribution >= 0.6 is 15.9 Å². The molecule has 0 aliphatic rings. The molecule has 0 amide bonds. The van der Waals surface area contributed by atoms with Crippen LogP contribution in [-0.2, 0) is 11.4 Å². The first-order valence-electron chi connectivity index (χ1n) is 6.37. The van der Waals surface area contributed by atoms with E-state index in [1.165, 1.54) is 6.07 Å². The van der Waals surface area contributed by atoms with Gasteiger partial charge in [0.2, 0.25) is 0 Å². The van der Waals surface area contributed by atoms with Gasteiger partial charge in [-0.3, -0.25) is 4.79 Å². The number of hydrogen-bond donors (Lipinski definition) is 1. The zero-order valence-electron chi connectivity index (χ0n) is 11.3. The molecule has 0 radical (unpaired) electrons. The molecule has 0 spiro atoms. The first kappa shape index (κ1) is 15.5. The normalized spacial score (nSPS) is 12.0. The highest BCUT2D eigenvalue weighted by atomic mass is 79.9. The van der Waals surface area contributed by atoms with Crippen LogP contribution in [0.15, 0.2) is 46.9 Å². The highest BCUT2D eigenvalue weighted by molar-refractivity contribution is 9.10. The van der Waals surface area contributed by atoms with Crippen molar-refractivity contribution in [3.05, 3.63) is 63.9 Å². The Labute approximate surface area is 130 Å². The van der Waals surface area contributed by atoms with Gasteiger partial charge in [0.1, 0.15) is 6.61 Å². The molecule has 21 heavy (non-hydrogen) atoms. The minimum Gasteiger partial charge on any atom is -0.486 e. The second kappa shape index (κ2) is 6.72. The number of hydrogen-bond acceptors (Lipinski definition) is 2. The Morgan fingerprint density at radius 3 is 2.52 bits per heavy atom. The van der Waals surface area contributed by atoms with Crippen molar-refractivity contribution >= 4 is 21.9 Å². The Bertz CT molecular complexity index is 640. The maximum atomic E-state index is 13.6. The van der Waals surface area contributed by atoms with Crippen molar-refractivity contribution in [3.63, 3.8) is 0 Å². The van der Waals surface area contributed by atoms with Gasteiger partial charge in [0.05, 0.1) is 5.92 Å². The Morgan fingerprint density at radius 1 is 1.29 bits per heavy atom. The van der Waals surface area contributed by atoms with E-state index in [-0.39, 0.29) is 12.4 Å². The number of carboxylic acid groups (broad SMARTS) is 1. The average Bonchev–Trinajstić information content (AvgIpc) is 2.46. The van der Waals surface area contributed by atoms with Crippen LogP contribution in [0.25, 0.3) is 0 Å². The number of halogens is 2. The molecule has 1 atom stereocenters. The first-order valence-corrected chi connectivity index (χ1v) is 7.16. The fourth-order valence-corrected chi connectivity index (χ4v) is 2.13. The molecule has 0 aliphatic heterocycles. The maximum Gasteiger partial charge on any atom is 0.310 e. The molecule has 0 fully saturated rings. The SMILES string of the molecule is CC(C(=O)O)c1ccc(COc2ccc(Br)cc2F)cc1. The minimum absolute atomic E-state index is 0.182. The summed E-state index contributed by atoms with van der Waals surface area (Å²) in [6.07, 6.45) is 0. The third kappa shape index (κ3) is 4.04. The zero-order valence-corrected chi connectivity index (χ0v) is 12.9. The van der Waals surface area contributed by atoms with E-state index in [0.717, 1.165) is 11.1 Å². The summed E-state index contributed by atoms with van der Waals surface area (Å²) in [6.45, 7) is 1.85. The van der Waals surface area contributed by atoms with Gasteiger partial charge in [-0.05, 0) is 36.2 Å². The van der Waals surface area contributed by atoms with Crippen molar-refractivity contribution in [1.29, 1.82) is 0 Å². The topological polar surface area (TPSA) is 46.5 Å². The fourth-order valence-electron chi connectivity index (χ4n) is 1.80. The van der Waals surface area contributed by atoms with Gasteiger partial charge >= 0.3 is 5.97 Å². The molecular formula is C16H14BrFO3. The lowest BCUT2D eigenvalue weighted by molar-refractivity contribution is -0.138. The van der Waals surface area contributed by atoms with E-state index < -0.39 is 17.7 Å². The van der Waals surface area contributed by atoms with Crippen molar-refractivity contribution in [3.8, 4) is 5.75 Å². The van der Waals surface area contributed by atoms with Gasteiger partial charge in [0.25, 0.3) is 0 Å². The van der Waals surface area contributed by atoms with Crippen LogP contribution in [0, 0.1) is 5.82 Å². The van der Waals surface area contributed by atoms with Crippen LogP contribution in [0.2, 0.25) is 0 Å². The van der Waals surface area contributed by atoms with Gasteiger partial charge in [-0.25, -0.2) is 4.39 Å². The molecule has 110 valence electrons. The van der Waals surface area contributed by atoms with E-state index in [2.05, 4.69) is 15.9 Å². The van der Waals surface area contributed by atoms with Gasteiger partial charge in [-0.15, -0.1) is 0 Å². The second-order valence-electron chi connectivity index (χ2n) is 4.66. The van der Waals surface area contributed by atoms with Crippen LogP contribution in [0.5, 0.6) is 5.75 Å². The molecule has 0 aliphatic carbocycles. The standard InChI is InChI=1S/C16H14BrFO3/c1-10(16(19)20)12-4-2-11(3-5-12)9-21-15-7-6-13(17)8-14(15)18/h2-8,10H,9H2,1H3,(H,19,20). The van der Waals surface area contributed by atoms with Gasteiger partial charge in [-0.1, -0.05) is 40.2 Å². The predicted molar refractivity (Wildman–Crippen MR) is 80.9 cm³/mol. The van der Waals surface area contributed by atoms with Gasteiger partial charge in [0.15, 0.2) is 11.6 Å². The monoisotopic (exact) mass is 352 g/mol. The summed E-state index contributed by atoms with van der Waals surface area (Å²) in [6, 6.07) is 11.7. The van der Waals surface area contributed by atoms with Gasteiger partial charge in [0, 0.05) is 4.47 Å². The van der Waals surface area contributed by atoms with Crippen molar-refractivity contribution < 1.29 is 19.0 Å². The third-order valence-electron chi connectivity index (χ3n) is 3.14. The lowest BCUT2D eigenvalue weighted by Crippen LogP contribution is -2.07. The Balaban J connectivity index is 2.02. The lowest BCUT2D eigenvalue weighted by Gasteiger charge is -2.10. The number of carboxylic acids is 1. The highest BCUT2D eigenvalue weighted by Crippen LogP contribution is 2.23. The Morgan fingerprint density at radius 2 is 1.95 bits per heavy atom. The number of ether oxygens (including phenoxy) is 1. The molecule has 1 N–H and O–H groups in total.